The zero-order valence-electron chi connectivity index (χ0n) is 8.71. The molecule has 1 rings (SSSR count). The van der Waals surface area contributed by atoms with Crippen molar-refractivity contribution in [3.63, 3.8) is 0 Å². The van der Waals surface area contributed by atoms with Crippen molar-refractivity contribution in [3.8, 4) is 0 Å². The Kier molecular flexibility index (Phi) is 2.69. The van der Waals surface area contributed by atoms with Crippen molar-refractivity contribution in [2.75, 3.05) is 0 Å². The van der Waals surface area contributed by atoms with Crippen molar-refractivity contribution >= 4 is 10.1 Å². The quantitative estimate of drug-likeness (QED) is 0.669. The molecule has 0 aliphatic rings. The molecular weight excluding hydrogens is 200 g/mol. The van der Waals surface area contributed by atoms with E-state index in [1.807, 2.05) is 13.8 Å². The fraction of sp³-hybridized carbons (Fsp3) is 0.400. The van der Waals surface area contributed by atoms with Crippen LogP contribution in [0.25, 0.3) is 0 Å². The first-order chi connectivity index (χ1) is 6.25. The van der Waals surface area contributed by atoms with Crippen molar-refractivity contribution in [1.82, 2.24) is 0 Å². The molecule has 0 heterocycles. The van der Waals surface area contributed by atoms with Gasteiger partial charge in [-0.05, 0) is 49.9 Å². The first-order valence-corrected chi connectivity index (χ1v) is 5.69. The van der Waals surface area contributed by atoms with Crippen LogP contribution in [0.5, 0.6) is 0 Å². The van der Waals surface area contributed by atoms with Gasteiger partial charge in [0.05, 0.1) is 4.90 Å². The summed E-state index contributed by atoms with van der Waals surface area (Å²) >= 11 is 0. The summed E-state index contributed by atoms with van der Waals surface area (Å²) in [5.41, 5.74) is 2.97. The third kappa shape index (κ3) is 1.81. The Bertz CT molecular complexity index is 473. The summed E-state index contributed by atoms with van der Waals surface area (Å²) in [5, 5.41) is 0. The van der Waals surface area contributed by atoms with E-state index in [0.29, 0.717) is 11.1 Å². The molecule has 0 aliphatic carbocycles. The van der Waals surface area contributed by atoms with Crippen molar-refractivity contribution < 1.29 is 13.0 Å². The van der Waals surface area contributed by atoms with E-state index >= 15 is 0 Å². The fourth-order valence-electron chi connectivity index (χ4n) is 1.65. The van der Waals surface area contributed by atoms with Crippen LogP contribution in [0.3, 0.4) is 0 Å². The van der Waals surface area contributed by atoms with Crippen molar-refractivity contribution in [3.05, 3.63) is 28.3 Å². The number of benzene rings is 1. The second kappa shape index (κ2) is 3.37. The molecule has 0 aromatic heterocycles. The van der Waals surface area contributed by atoms with E-state index < -0.39 is 10.1 Å². The molecule has 0 saturated heterocycles. The predicted octanol–water partition coefficient (Wildman–Crippen LogP) is 1.82. The van der Waals surface area contributed by atoms with Gasteiger partial charge in [-0.25, -0.2) is 8.42 Å². The smallest absolute Gasteiger partial charge is 0.124 e. The Morgan fingerprint density at radius 1 is 1.00 bits per heavy atom. The van der Waals surface area contributed by atoms with E-state index in [-0.39, 0.29) is 4.90 Å². The lowest BCUT2D eigenvalue weighted by Crippen LogP contribution is -2.06. The lowest BCUT2D eigenvalue weighted by molar-refractivity contribution is 0.462. The summed E-state index contributed by atoms with van der Waals surface area (Å²) in [6.07, 6.45) is 0. The minimum absolute atomic E-state index is 0.0689. The number of aryl methyl sites for hydroxylation is 2. The first-order valence-electron chi connectivity index (χ1n) is 4.28. The Morgan fingerprint density at radius 2 is 1.50 bits per heavy atom. The molecule has 0 atom stereocenters. The Hall–Kier alpha value is -0.870. The lowest BCUT2D eigenvalue weighted by atomic mass is 10.0. The predicted molar refractivity (Wildman–Crippen MR) is 53.4 cm³/mol. The highest BCUT2D eigenvalue weighted by atomic mass is 32.2. The molecule has 0 spiro atoms. The van der Waals surface area contributed by atoms with Crippen LogP contribution in [0.15, 0.2) is 11.0 Å². The molecule has 0 fully saturated rings. The third-order valence-corrected chi connectivity index (χ3v) is 3.66. The average molecular weight is 213 g/mol. The Morgan fingerprint density at radius 3 is 1.93 bits per heavy atom. The van der Waals surface area contributed by atoms with Crippen LogP contribution in [0.1, 0.15) is 22.3 Å². The fourth-order valence-corrected chi connectivity index (χ4v) is 2.63. The number of hydrogen-bond donors (Lipinski definition) is 0. The van der Waals surface area contributed by atoms with Crippen LogP contribution >= 0.6 is 0 Å². The SMILES string of the molecule is Cc1cc(C)c(S(=O)(=O)[O-])c(C)c1C. The maximum Gasteiger partial charge on any atom is 0.124 e. The summed E-state index contributed by atoms with van der Waals surface area (Å²) in [6.45, 7) is 7.03. The first kappa shape index (κ1) is 11.2. The van der Waals surface area contributed by atoms with E-state index in [1.165, 1.54) is 0 Å². The van der Waals surface area contributed by atoms with Crippen molar-refractivity contribution in [1.29, 1.82) is 0 Å². The molecule has 3 nitrogen and oxygen atoms in total. The van der Waals surface area contributed by atoms with E-state index in [1.54, 1.807) is 19.9 Å². The van der Waals surface area contributed by atoms with Gasteiger partial charge in [-0.15, -0.1) is 0 Å². The monoisotopic (exact) mass is 213 g/mol. The largest absolute Gasteiger partial charge is 0.744 e. The molecule has 1 aromatic rings. The number of rotatable bonds is 1. The molecule has 4 heteroatoms. The standard InChI is InChI=1S/C10H14O3S/c1-6-5-7(2)10(14(11,12)13)9(4)8(6)3/h5H,1-4H3,(H,11,12,13)/p-1. The highest BCUT2D eigenvalue weighted by Gasteiger charge is 2.12. The molecular formula is C10H13O3S-. The van der Waals surface area contributed by atoms with Crippen LogP contribution in [0.4, 0.5) is 0 Å². The van der Waals surface area contributed by atoms with Gasteiger partial charge in [0.1, 0.15) is 10.1 Å². The summed E-state index contributed by atoms with van der Waals surface area (Å²) in [6, 6.07) is 1.73. The minimum atomic E-state index is -4.35. The maximum absolute atomic E-state index is 11.0. The van der Waals surface area contributed by atoms with Crippen LogP contribution in [0, 0.1) is 27.7 Å². The van der Waals surface area contributed by atoms with Crippen molar-refractivity contribution in [2.45, 2.75) is 32.6 Å². The van der Waals surface area contributed by atoms with Gasteiger partial charge < -0.3 is 4.55 Å². The van der Waals surface area contributed by atoms with Gasteiger partial charge in [0.25, 0.3) is 0 Å². The summed E-state index contributed by atoms with van der Waals surface area (Å²) in [7, 11) is -4.35. The Labute approximate surface area is 84.5 Å². The average Bonchev–Trinajstić information content (AvgIpc) is 1.97. The molecule has 0 amide bonds. The van der Waals surface area contributed by atoms with Crippen LogP contribution in [-0.2, 0) is 10.1 Å². The lowest BCUT2D eigenvalue weighted by Gasteiger charge is -2.17. The summed E-state index contributed by atoms with van der Waals surface area (Å²) in [4.78, 5) is -0.0689. The van der Waals surface area contributed by atoms with Gasteiger partial charge in [-0.2, -0.15) is 0 Å². The van der Waals surface area contributed by atoms with E-state index in [0.717, 1.165) is 11.1 Å². The van der Waals surface area contributed by atoms with Gasteiger partial charge >= 0.3 is 0 Å². The molecule has 0 radical (unpaired) electrons. The van der Waals surface area contributed by atoms with E-state index in [9.17, 15) is 13.0 Å². The highest BCUT2D eigenvalue weighted by Crippen LogP contribution is 2.25. The minimum Gasteiger partial charge on any atom is -0.744 e. The molecule has 0 N–H and O–H groups in total. The van der Waals surface area contributed by atoms with E-state index in [2.05, 4.69) is 0 Å². The second-order valence-electron chi connectivity index (χ2n) is 3.54. The zero-order valence-corrected chi connectivity index (χ0v) is 9.53. The highest BCUT2D eigenvalue weighted by molar-refractivity contribution is 7.85. The van der Waals surface area contributed by atoms with Gasteiger partial charge in [0.2, 0.25) is 0 Å². The molecule has 0 aliphatic heterocycles. The van der Waals surface area contributed by atoms with Gasteiger partial charge in [-0.3, -0.25) is 0 Å². The maximum atomic E-state index is 11.0. The zero-order chi connectivity index (χ0) is 11.1. The second-order valence-corrected chi connectivity index (χ2v) is 4.86. The van der Waals surface area contributed by atoms with Gasteiger partial charge in [-0.1, -0.05) is 6.07 Å². The number of hydrogen-bond acceptors (Lipinski definition) is 3. The normalized spacial score (nSPS) is 11.8. The molecule has 78 valence electrons. The topological polar surface area (TPSA) is 57.2 Å². The van der Waals surface area contributed by atoms with Crippen LogP contribution in [0.2, 0.25) is 0 Å². The van der Waals surface area contributed by atoms with Gasteiger partial charge in [0.15, 0.2) is 0 Å². The molecule has 14 heavy (non-hydrogen) atoms. The third-order valence-electron chi connectivity index (χ3n) is 2.54. The van der Waals surface area contributed by atoms with Crippen molar-refractivity contribution in [2.24, 2.45) is 0 Å². The molecule has 1 aromatic carbocycles. The van der Waals surface area contributed by atoms with E-state index in [4.69, 9.17) is 0 Å². The molecule has 0 unspecified atom stereocenters. The Balaban J connectivity index is 3.70. The van der Waals surface area contributed by atoms with Crippen LogP contribution in [-0.4, -0.2) is 13.0 Å². The molecule has 0 bridgehead atoms. The summed E-state index contributed by atoms with van der Waals surface area (Å²) < 4.78 is 32.9. The van der Waals surface area contributed by atoms with Crippen LogP contribution < -0.4 is 0 Å². The van der Waals surface area contributed by atoms with Gasteiger partial charge in [0, 0.05) is 0 Å². The molecule has 0 saturated carbocycles. The summed E-state index contributed by atoms with van der Waals surface area (Å²) in [5.74, 6) is 0.